The monoisotopic (exact) mass is 268 g/mol. The second-order valence-electron chi connectivity index (χ2n) is 4.23. The lowest BCUT2D eigenvalue weighted by atomic mass is 10.0. The van der Waals surface area contributed by atoms with Crippen molar-refractivity contribution < 1.29 is 14.2 Å². The zero-order chi connectivity index (χ0) is 14.1. The standard InChI is InChI=1S/C14H24N2O3/c1-4-8-19-9-7-13(16-15)12-10-11(17-2)5-6-14(12)18-3/h5-6,10,13,16H,4,7-9,15H2,1-3H3. The lowest BCUT2D eigenvalue weighted by molar-refractivity contribution is 0.124. The average Bonchev–Trinajstić information content (AvgIpc) is 2.47. The SMILES string of the molecule is CCCOCCC(NN)c1cc(OC)ccc1OC. The molecule has 1 atom stereocenters. The van der Waals surface area contributed by atoms with Gasteiger partial charge in [-0.15, -0.1) is 0 Å². The lowest BCUT2D eigenvalue weighted by Crippen LogP contribution is -2.29. The van der Waals surface area contributed by atoms with Crippen LogP contribution < -0.4 is 20.7 Å². The molecule has 108 valence electrons. The number of ether oxygens (including phenoxy) is 3. The van der Waals surface area contributed by atoms with Gasteiger partial charge in [0.1, 0.15) is 11.5 Å². The third kappa shape index (κ3) is 4.70. The van der Waals surface area contributed by atoms with Crippen molar-refractivity contribution in [2.24, 2.45) is 5.84 Å². The maximum atomic E-state index is 5.63. The largest absolute Gasteiger partial charge is 0.497 e. The van der Waals surface area contributed by atoms with Crippen LogP contribution in [0.1, 0.15) is 31.4 Å². The molecule has 1 unspecified atom stereocenters. The fourth-order valence-corrected chi connectivity index (χ4v) is 1.89. The number of hydrogen-bond donors (Lipinski definition) is 2. The van der Waals surface area contributed by atoms with Crippen LogP contribution in [0.3, 0.4) is 0 Å². The first-order valence-corrected chi connectivity index (χ1v) is 6.52. The van der Waals surface area contributed by atoms with Crippen molar-refractivity contribution in [1.82, 2.24) is 5.43 Å². The zero-order valence-electron chi connectivity index (χ0n) is 11.9. The van der Waals surface area contributed by atoms with E-state index in [0.717, 1.165) is 36.5 Å². The normalized spacial score (nSPS) is 12.2. The summed E-state index contributed by atoms with van der Waals surface area (Å²) in [5, 5.41) is 0. The summed E-state index contributed by atoms with van der Waals surface area (Å²) >= 11 is 0. The Morgan fingerprint density at radius 3 is 2.58 bits per heavy atom. The van der Waals surface area contributed by atoms with Crippen LogP contribution in [-0.2, 0) is 4.74 Å². The minimum absolute atomic E-state index is 0.0260. The van der Waals surface area contributed by atoms with Crippen LogP contribution in [-0.4, -0.2) is 27.4 Å². The van der Waals surface area contributed by atoms with E-state index in [-0.39, 0.29) is 6.04 Å². The minimum Gasteiger partial charge on any atom is -0.497 e. The zero-order valence-corrected chi connectivity index (χ0v) is 11.9. The molecule has 0 spiro atoms. The maximum absolute atomic E-state index is 5.63. The molecule has 5 heteroatoms. The Morgan fingerprint density at radius 1 is 1.21 bits per heavy atom. The Kier molecular flexibility index (Phi) is 7.25. The molecular weight excluding hydrogens is 244 g/mol. The second-order valence-corrected chi connectivity index (χ2v) is 4.23. The smallest absolute Gasteiger partial charge is 0.123 e. The van der Waals surface area contributed by atoms with Gasteiger partial charge in [-0.1, -0.05) is 6.92 Å². The van der Waals surface area contributed by atoms with Crippen molar-refractivity contribution in [2.75, 3.05) is 27.4 Å². The minimum atomic E-state index is -0.0260. The highest BCUT2D eigenvalue weighted by Crippen LogP contribution is 2.30. The van der Waals surface area contributed by atoms with Crippen LogP contribution in [0.4, 0.5) is 0 Å². The molecule has 0 aromatic heterocycles. The van der Waals surface area contributed by atoms with Gasteiger partial charge in [0.15, 0.2) is 0 Å². The van der Waals surface area contributed by atoms with E-state index < -0.39 is 0 Å². The molecule has 0 amide bonds. The van der Waals surface area contributed by atoms with Crippen LogP contribution in [0.25, 0.3) is 0 Å². The highest BCUT2D eigenvalue weighted by molar-refractivity contribution is 5.42. The van der Waals surface area contributed by atoms with Gasteiger partial charge in [0.2, 0.25) is 0 Å². The highest BCUT2D eigenvalue weighted by atomic mass is 16.5. The van der Waals surface area contributed by atoms with Gasteiger partial charge >= 0.3 is 0 Å². The average molecular weight is 268 g/mol. The summed E-state index contributed by atoms with van der Waals surface area (Å²) in [6, 6.07) is 5.65. The summed E-state index contributed by atoms with van der Waals surface area (Å²) in [5.74, 6) is 7.21. The summed E-state index contributed by atoms with van der Waals surface area (Å²) in [6.07, 6.45) is 1.79. The second kappa shape index (κ2) is 8.74. The Balaban J connectivity index is 2.77. The molecule has 0 saturated heterocycles. The highest BCUT2D eigenvalue weighted by Gasteiger charge is 2.15. The Morgan fingerprint density at radius 2 is 2.00 bits per heavy atom. The first kappa shape index (κ1) is 15.8. The molecule has 19 heavy (non-hydrogen) atoms. The molecule has 5 nitrogen and oxygen atoms in total. The van der Waals surface area contributed by atoms with Gasteiger partial charge in [-0.2, -0.15) is 0 Å². The molecule has 0 saturated carbocycles. The number of hydrazine groups is 1. The fourth-order valence-electron chi connectivity index (χ4n) is 1.89. The van der Waals surface area contributed by atoms with Crippen molar-refractivity contribution in [3.63, 3.8) is 0 Å². The summed E-state index contributed by atoms with van der Waals surface area (Å²) in [4.78, 5) is 0. The summed E-state index contributed by atoms with van der Waals surface area (Å²) < 4.78 is 16.1. The molecule has 0 aliphatic rings. The van der Waals surface area contributed by atoms with Gasteiger partial charge in [0, 0.05) is 18.8 Å². The molecule has 0 fully saturated rings. The van der Waals surface area contributed by atoms with Crippen molar-refractivity contribution in [2.45, 2.75) is 25.8 Å². The Bertz CT molecular complexity index is 372. The van der Waals surface area contributed by atoms with Crippen LogP contribution in [0.2, 0.25) is 0 Å². The number of hydrogen-bond acceptors (Lipinski definition) is 5. The summed E-state index contributed by atoms with van der Waals surface area (Å²) in [7, 11) is 3.29. The van der Waals surface area contributed by atoms with E-state index in [9.17, 15) is 0 Å². The lowest BCUT2D eigenvalue weighted by Gasteiger charge is -2.19. The maximum Gasteiger partial charge on any atom is 0.123 e. The van der Waals surface area contributed by atoms with Crippen LogP contribution in [0.15, 0.2) is 18.2 Å². The van der Waals surface area contributed by atoms with E-state index in [2.05, 4.69) is 12.3 Å². The van der Waals surface area contributed by atoms with Crippen LogP contribution in [0, 0.1) is 0 Å². The molecule has 0 bridgehead atoms. The van der Waals surface area contributed by atoms with Gasteiger partial charge in [-0.3, -0.25) is 11.3 Å². The predicted octanol–water partition coefficient (Wildman–Crippen LogP) is 2.02. The molecule has 0 aliphatic carbocycles. The molecule has 0 aliphatic heterocycles. The molecular formula is C14H24N2O3. The van der Waals surface area contributed by atoms with Gasteiger partial charge in [0.25, 0.3) is 0 Å². The van der Waals surface area contributed by atoms with Gasteiger partial charge in [-0.05, 0) is 31.0 Å². The molecule has 3 N–H and O–H groups in total. The van der Waals surface area contributed by atoms with Gasteiger partial charge < -0.3 is 14.2 Å². The number of rotatable bonds is 9. The number of nitrogens with two attached hydrogens (primary N) is 1. The van der Waals surface area contributed by atoms with Gasteiger partial charge in [-0.25, -0.2) is 0 Å². The van der Waals surface area contributed by atoms with Crippen molar-refractivity contribution in [3.05, 3.63) is 23.8 Å². The topological polar surface area (TPSA) is 65.7 Å². The summed E-state index contributed by atoms with van der Waals surface area (Å²) in [6.45, 7) is 3.51. The number of benzene rings is 1. The van der Waals surface area contributed by atoms with E-state index in [0.29, 0.717) is 6.61 Å². The van der Waals surface area contributed by atoms with Gasteiger partial charge in [0.05, 0.1) is 20.3 Å². The van der Waals surface area contributed by atoms with E-state index in [4.69, 9.17) is 20.1 Å². The third-order valence-corrected chi connectivity index (χ3v) is 2.91. The van der Waals surface area contributed by atoms with Crippen molar-refractivity contribution in [1.29, 1.82) is 0 Å². The number of methoxy groups -OCH3 is 2. The molecule has 1 aromatic carbocycles. The molecule has 1 rings (SSSR count). The summed E-state index contributed by atoms with van der Waals surface area (Å²) in [5.41, 5.74) is 3.78. The molecule has 0 radical (unpaired) electrons. The van der Waals surface area contributed by atoms with E-state index in [1.54, 1.807) is 14.2 Å². The third-order valence-electron chi connectivity index (χ3n) is 2.91. The predicted molar refractivity (Wildman–Crippen MR) is 75.3 cm³/mol. The van der Waals surface area contributed by atoms with E-state index in [1.807, 2.05) is 18.2 Å². The Labute approximate surface area is 115 Å². The van der Waals surface area contributed by atoms with Crippen LogP contribution in [0.5, 0.6) is 11.5 Å². The first-order valence-electron chi connectivity index (χ1n) is 6.52. The van der Waals surface area contributed by atoms with E-state index >= 15 is 0 Å². The molecule has 1 aromatic rings. The quantitative estimate of drug-likeness (QED) is 0.407. The van der Waals surface area contributed by atoms with Crippen LogP contribution >= 0.6 is 0 Å². The van der Waals surface area contributed by atoms with E-state index in [1.165, 1.54) is 0 Å². The van der Waals surface area contributed by atoms with Crippen molar-refractivity contribution >= 4 is 0 Å². The Hall–Kier alpha value is -1.30. The number of nitrogens with one attached hydrogen (secondary N) is 1. The fraction of sp³-hybridized carbons (Fsp3) is 0.571. The van der Waals surface area contributed by atoms with Crippen molar-refractivity contribution in [3.8, 4) is 11.5 Å². The first-order chi connectivity index (χ1) is 9.26. The molecule has 0 heterocycles.